The molecule has 0 aliphatic carbocycles. The van der Waals surface area contributed by atoms with E-state index in [1.807, 2.05) is 41.8 Å². The fourth-order valence-electron chi connectivity index (χ4n) is 5.04. The fourth-order valence-corrected chi connectivity index (χ4v) is 6.57. The maximum Gasteiger partial charge on any atom is 0.253 e. The number of amides is 2. The van der Waals surface area contributed by atoms with Gasteiger partial charge in [-0.2, -0.15) is 5.10 Å². The first kappa shape index (κ1) is 31.0. The molecule has 2 amide bonds. The number of carbonyl (C=O) groups is 2. The van der Waals surface area contributed by atoms with Gasteiger partial charge in [-0.3, -0.25) is 14.2 Å². The number of benzene rings is 3. The molecule has 0 saturated carbocycles. The van der Waals surface area contributed by atoms with Gasteiger partial charge in [-0.1, -0.05) is 42.1 Å². The number of para-hydroxylation sites is 2. The molecule has 5 aromatic rings. The van der Waals surface area contributed by atoms with E-state index in [0.29, 0.717) is 40.2 Å². The van der Waals surface area contributed by atoms with Gasteiger partial charge in [0.15, 0.2) is 11.0 Å². The maximum atomic E-state index is 13.8. The van der Waals surface area contributed by atoms with E-state index in [4.69, 9.17) is 14.6 Å². The minimum Gasteiger partial charge on any atom is -0.497 e. The average molecular weight is 657 g/mol. The SMILES string of the molecule is COc1ccc(C(=O)NCc2nnc(SCC(=O)N3N=C(c4cccs4)CC3c3ccc(F)cc3)n2-c2ccccc2OC)cc1. The zero-order chi connectivity index (χ0) is 32.0. The van der Waals surface area contributed by atoms with Crippen molar-refractivity contribution in [1.82, 2.24) is 25.1 Å². The smallest absolute Gasteiger partial charge is 0.253 e. The molecule has 0 fully saturated rings. The summed E-state index contributed by atoms with van der Waals surface area (Å²) in [6.07, 6.45) is 0.512. The maximum absolute atomic E-state index is 13.8. The van der Waals surface area contributed by atoms with Crippen molar-refractivity contribution < 1.29 is 23.5 Å². The van der Waals surface area contributed by atoms with Crippen molar-refractivity contribution in [2.75, 3.05) is 20.0 Å². The van der Waals surface area contributed by atoms with Gasteiger partial charge in [0.1, 0.15) is 17.3 Å². The van der Waals surface area contributed by atoms with Crippen molar-refractivity contribution >= 4 is 40.6 Å². The summed E-state index contributed by atoms with van der Waals surface area (Å²) in [5.74, 6) is 0.793. The van der Waals surface area contributed by atoms with Crippen LogP contribution in [0, 0.1) is 5.82 Å². The van der Waals surface area contributed by atoms with Crippen LogP contribution in [0.1, 0.15) is 39.1 Å². The first-order valence-corrected chi connectivity index (χ1v) is 16.1. The molecule has 1 aliphatic rings. The van der Waals surface area contributed by atoms with Crippen LogP contribution in [-0.2, 0) is 11.3 Å². The summed E-state index contributed by atoms with van der Waals surface area (Å²) in [6, 6.07) is 23.8. The quantitative estimate of drug-likeness (QED) is 0.177. The number of carbonyl (C=O) groups excluding carboxylic acids is 2. The molecule has 234 valence electrons. The van der Waals surface area contributed by atoms with Crippen molar-refractivity contribution in [3.8, 4) is 17.2 Å². The lowest BCUT2D eigenvalue weighted by atomic mass is 10.0. The summed E-state index contributed by atoms with van der Waals surface area (Å²) in [4.78, 5) is 27.7. The van der Waals surface area contributed by atoms with E-state index in [0.717, 1.165) is 16.2 Å². The summed E-state index contributed by atoms with van der Waals surface area (Å²) < 4.78 is 26.3. The standard InChI is InChI=1S/C33H29FN6O4S2/c1-43-24-15-11-22(12-16-24)32(42)35-19-30-36-37-33(39(30)26-6-3-4-7-28(26)44-2)46-20-31(41)40-27(21-9-13-23(34)14-10-21)18-25(38-40)29-8-5-17-45-29/h3-17,27H,18-20H2,1-2H3,(H,35,42). The number of thioether (sulfide) groups is 1. The van der Waals surface area contributed by atoms with Crippen LogP contribution >= 0.6 is 23.1 Å². The zero-order valence-corrected chi connectivity index (χ0v) is 26.6. The van der Waals surface area contributed by atoms with Crippen LogP contribution in [0.4, 0.5) is 4.39 Å². The summed E-state index contributed by atoms with van der Waals surface area (Å²) >= 11 is 2.75. The Balaban J connectivity index is 1.24. The molecule has 46 heavy (non-hydrogen) atoms. The first-order valence-electron chi connectivity index (χ1n) is 14.3. The molecule has 6 rings (SSSR count). The number of hydrogen-bond acceptors (Lipinski definition) is 9. The molecule has 1 atom stereocenters. The molecule has 2 aromatic heterocycles. The Bertz CT molecular complexity index is 1860. The lowest BCUT2D eigenvalue weighted by Crippen LogP contribution is -2.28. The van der Waals surface area contributed by atoms with E-state index < -0.39 is 0 Å². The highest BCUT2D eigenvalue weighted by Gasteiger charge is 2.34. The molecule has 0 saturated heterocycles. The fraction of sp³-hybridized carbons (Fsp3) is 0.182. The molecule has 3 heterocycles. The van der Waals surface area contributed by atoms with Crippen LogP contribution in [-0.4, -0.2) is 57.3 Å². The third-order valence-corrected chi connectivity index (χ3v) is 9.17. The largest absolute Gasteiger partial charge is 0.497 e. The molecular formula is C33H29FN6O4S2. The van der Waals surface area contributed by atoms with Crippen LogP contribution in [0.3, 0.4) is 0 Å². The van der Waals surface area contributed by atoms with Crippen molar-refractivity contribution in [2.24, 2.45) is 5.10 Å². The number of nitrogens with one attached hydrogen (secondary N) is 1. The number of nitrogens with zero attached hydrogens (tertiary/aromatic N) is 5. The van der Waals surface area contributed by atoms with Gasteiger partial charge < -0.3 is 14.8 Å². The van der Waals surface area contributed by atoms with Crippen molar-refractivity contribution in [3.63, 3.8) is 0 Å². The summed E-state index contributed by atoms with van der Waals surface area (Å²) in [5, 5.41) is 20.2. The van der Waals surface area contributed by atoms with E-state index in [1.54, 1.807) is 66.5 Å². The third kappa shape index (κ3) is 6.65. The number of rotatable bonds is 11. The minimum absolute atomic E-state index is 0.00437. The first-order chi connectivity index (χ1) is 22.4. The van der Waals surface area contributed by atoms with E-state index in [1.165, 1.54) is 28.9 Å². The molecule has 0 spiro atoms. The molecule has 1 N–H and O–H groups in total. The number of methoxy groups -OCH3 is 2. The van der Waals surface area contributed by atoms with Gasteiger partial charge in [-0.25, -0.2) is 9.40 Å². The summed E-state index contributed by atoms with van der Waals surface area (Å²) in [6.45, 7) is 0.0671. The van der Waals surface area contributed by atoms with Crippen LogP contribution < -0.4 is 14.8 Å². The van der Waals surface area contributed by atoms with Gasteiger partial charge in [0, 0.05) is 12.0 Å². The predicted molar refractivity (Wildman–Crippen MR) is 174 cm³/mol. The Morgan fingerprint density at radius 3 is 2.48 bits per heavy atom. The molecule has 13 heteroatoms. The third-order valence-electron chi connectivity index (χ3n) is 7.34. The average Bonchev–Trinajstić information content (AvgIpc) is 3.87. The molecular weight excluding hydrogens is 628 g/mol. The van der Waals surface area contributed by atoms with Crippen molar-refractivity contribution in [2.45, 2.75) is 24.2 Å². The molecule has 1 unspecified atom stereocenters. The Kier molecular flexibility index (Phi) is 9.41. The zero-order valence-electron chi connectivity index (χ0n) is 24.9. The summed E-state index contributed by atoms with van der Waals surface area (Å²) in [7, 11) is 3.13. The van der Waals surface area contributed by atoms with Crippen LogP contribution in [0.2, 0.25) is 0 Å². The number of halogens is 1. The molecule has 0 bridgehead atoms. The minimum atomic E-state index is -0.374. The van der Waals surface area contributed by atoms with Crippen molar-refractivity contribution in [1.29, 1.82) is 0 Å². The number of hydrazone groups is 1. The number of hydrogen-bond donors (Lipinski definition) is 1. The second kappa shape index (κ2) is 14.0. The Hall–Kier alpha value is -5.01. The van der Waals surface area contributed by atoms with Gasteiger partial charge in [-0.05, 0) is 65.5 Å². The van der Waals surface area contributed by atoms with Gasteiger partial charge in [0.2, 0.25) is 0 Å². The van der Waals surface area contributed by atoms with E-state index in [9.17, 15) is 14.0 Å². The molecule has 10 nitrogen and oxygen atoms in total. The lowest BCUT2D eigenvalue weighted by Gasteiger charge is -2.22. The Morgan fingerprint density at radius 2 is 1.76 bits per heavy atom. The molecule has 0 radical (unpaired) electrons. The van der Waals surface area contributed by atoms with Crippen LogP contribution in [0.15, 0.2) is 101 Å². The monoisotopic (exact) mass is 656 g/mol. The Labute approximate surface area is 272 Å². The number of ether oxygens (including phenoxy) is 2. The summed E-state index contributed by atoms with van der Waals surface area (Å²) in [5.41, 5.74) is 2.71. The normalized spacial score (nSPS) is 14.2. The van der Waals surface area contributed by atoms with Gasteiger partial charge >= 0.3 is 0 Å². The van der Waals surface area contributed by atoms with Crippen LogP contribution in [0.5, 0.6) is 11.5 Å². The van der Waals surface area contributed by atoms with Gasteiger partial charge in [0.05, 0.1) is 48.8 Å². The van der Waals surface area contributed by atoms with Crippen LogP contribution in [0.25, 0.3) is 5.69 Å². The number of thiophene rings is 1. The van der Waals surface area contributed by atoms with E-state index in [-0.39, 0.29) is 36.0 Å². The number of aromatic nitrogens is 3. The highest BCUT2D eigenvalue weighted by Crippen LogP contribution is 2.35. The van der Waals surface area contributed by atoms with E-state index >= 15 is 0 Å². The molecule has 1 aliphatic heterocycles. The van der Waals surface area contributed by atoms with Gasteiger partial charge in [-0.15, -0.1) is 21.5 Å². The van der Waals surface area contributed by atoms with E-state index in [2.05, 4.69) is 15.5 Å². The topological polar surface area (TPSA) is 111 Å². The highest BCUT2D eigenvalue weighted by molar-refractivity contribution is 7.99. The second-order valence-corrected chi connectivity index (χ2v) is 12.0. The van der Waals surface area contributed by atoms with Gasteiger partial charge in [0.25, 0.3) is 11.8 Å². The molecule has 3 aromatic carbocycles. The van der Waals surface area contributed by atoms with Crippen molar-refractivity contribution in [3.05, 3.63) is 118 Å². The predicted octanol–water partition coefficient (Wildman–Crippen LogP) is 5.89. The highest BCUT2D eigenvalue weighted by atomic mass is 32.2. The lowest BCUT2D eigenvalue weighted by molar-refractivity contribution is -0.130. The Morgan fingerprint density at radius 1 is 0.978 bits per heavy atom. The second-order valence-electron chi connectivity index (χ2n) is 10.1.